The second-order valence-electron chi connectivity index (χ2n) is 4.38. The molecule has 1 N–H and O–H groups in total. The number of hydrogen-bond donors (Lipinski definition) is 1. The predicted octanol–water partition coefficient (Wildman–Crippen LogP) is 0.718. The summed E-state index contributed by atoms with van der Waals surface area (Å²) in [5.74, 6) is -1.05. The molecule has 0 unspecified atom stereocenters. The van der Waals surface area contributed by atoms with Gasteiger partial charge in [-0.05, 0) is 25.1 Å². The Hall–Kier alpha value is -1.58. The zero-order chi connectivity index (χ0) is 14.8. The molecule has 0 spiro atoms. The smallest absolute Gasteiger partial charge is 0.306 e. The van der Waals surface area contributed by atoms with Crippen molar-refractivity contribution < 1.29 is 17.7 Å². The van der Waals surface area contributed by atoms with Crippen molar-refractivity contribution in [3.05, 3.63) is 34.1 Å². The van der Waals surface area contributed by atoms with Gasteiger partial charge < -0.3 is 5.32 Å². The van der Waals surface area contributed by atoms with Crippen LogP contribution in [-0.4, -0.2) is 43.8 Å². The third-order valence-corrected chi connectivity index (χ3v) is 4.95. The molecular weight excluding hydrogens is 289 g/mol. The summed E-state index contributed by atoms with van der Waals surface area (Å²) < 4.78 is 39.3. The van der Waals surface area contributed by atoms with Gasteiger partial charge in [0.2, 0.25) is 15.8 Å². The summed E-state index contributed by atoms with van der Waals surface area (Å²) >= 11 is 0. The van der Waals surface area contributed by atoms with Crippen molar-refractivity contribution in [1.82, 2.24) is 9.62 Å². The summed E-state index contributed by atoms with van der Waals surface area (Å²) in [4.78, 5) is 9.49. The minimum Gasteiger partial charge on any atom is -0.315 e. The Morgan fingerprint density at radius 1 is 1.30 bits per heavy atom. The van der Waals surface area contributed by atoms with Crippen molar-refractivity contribution in [3.63, 3.8) is 0 Å². The van der Waals surface area contributed by atoms with Crippen molar-refractivity contribution in [2.45, 2.75) is 11.3 Å². The number of nitro benzene ring substituents is 1. The lowest BCUT2D eigenvalue weighted by atomic mass is 10.3. The summed E-state index contributed by atoms with van der Waals surface area (Å²) in [5.41, 5.74) is -0.834. The van der Waals surface area contributed by atoms with Gasteiger partial charge in [0.15, 0.2) is 0 Å². The highest BCUT2D eigenvalue weighted by Gasteiger charge is 2.27. The fourth-order valence-electron chi connectivity index (χ4n) is 2.00. The van der Waals surface area contributed by atoms with E-state index in [-0.39, 0.29) is 11.4 Å². The van der Waals surface area contributed by atoms with Gasteiger partial charge in [-0.3, -0.25) is 10.1 Å². The van der Waals surface area contributed by atoms with Crippen molar-refractivity contribution in [2.75, 3.05) is 26.2 Å². The normalized spacial score (nSPS) is 17.6. The molecule has 9 heteroatoms. The maximum atomic E-state index is 13.3. The zero-order valence-corrected chi connectivity index (χ0v) is 11.4. The van der Waals surface area contributed by atoms with Gasteiger partial charge in [-0.2, -0.15) is 8.70 Å². The highest BCUT2D eigenvalue weighted by Crippen LogP contribution is 2.24. The molecule has 0 saturated carbocycles. The van der Waals surface area contributed by atoms with E-state index in [2.05, 4.69) is 5.32 Å². The van der Waals surface area contributed by atoms with Gasteiger partial charge in [-0.1, -0.05) is 0 Å². The van der Waals surface area contributed by atoms with Crippen LogP contribution in [0, 0.1) is 15.9 Å². The molecule has 1 aromatic rings. The van der Waals surface area contributed by atoms with Crippen LogP contribution < -0.4 is 5.32 Å². The van der Waals surface area contributed by atoms with Crippen LogP contribution >= 0.6 is 0 Å². The lowest BCUT2D eigenvalue weighted by molar-refractivity contribution is -0.387. The zero-order valence-electron chi connectivity index (χ0n) is 10.6. The topological polar surface area (TPSA) is 92.5 Å². The lowest BCUT2D eigenvalue weighted by Gasteiger charge is -2.19. The van der Waals surface area contributed by atoms with Gasteiger partial charge in [-0.15, -0.1) is 0 Å². The molecule has 0 atom stereocenters. The number of nitro groups is 1. The van der Waals surface area contributed by atoms with Gasteiger partial charge in [-0.25, -0.2) is 8.42 Å². The number of hydrogen-bond acceptors (Lipinski definition) is 5. The van der Waals surface area contributed by atoms with Crippen molar-refractivity contribution in [1.29, 1.82) is 0 Å². The van der Waals surface area contributed by atoms with E-state index in [1.165, 1.54) is 4.31 Å². The van der Waals surface area contributed by atoms with Crippen LogP contribution in [0.4, 0.5) is 10.1 Å². The molecule has 0 aromatic heterocycles. The minimum absolute atomic E-state index is 0.257. The molecule has 1 aromatic carbocycles. The molecule has 0 amide bonds. The maximum Gasteiger partial charge on any atom is 0.306 e. The number of rotatable bonds is 3. The first-order valence-corrected chi connectivity index (χ1v) is 7.52. The van der Waals surface area contributed by atoms with E-state index >= 15 is 0 Å². The van der Waals surface area contributed by atoms with E-state index < -0.39 is 26.5 Å². The molecule has 0 bridgehead atoms. The second kappa shape index (κ2) is 5.81. The highest BCUT2D eigenvalue weighted by atomic mass is 32.2. The van der Waals surface area contributed by atoms with Crippen LogP contribution in [0.25, 0.3) is 0 Å². The first-order chi connectivity index (χ1) is 9.43. The Morgan fingerprint density at radius 2 is 2.05 bits per heavy atom. The van der Waals surface area contributed by atoms with Crippen LogP contribution in [0.1, 0.15) is 6.42 Å². The SMILES string of the molecule is O=[N+]([O-])c1cc(S(=O)(=O)N2CCCNCC2)ccc1F. The number of halogens is 1. The third-order valence-electron chi connectivity index (χ3n) is 3.05. The molecule has 0 radical (unpaired) electrons. The molecule has 1 aliphatic rings. The summed E-state index contributed by atoms with van der Waals surface area (Å²) in [6, 6.07) is 2.63. The van der Waals surface area contributed by atoms with E-state index in [9.17, 15) is 22.9 Å². The van der Waals surface area contributed by atoms with Gasteiger partial charge in [0.1, 0.15) is 0 Å². The molecule has 20 heavy (non-hydrogen) atoms. The standard InChI is InChI=1S/C11H14FN3O4S/c12-10-3-2-9(8-11(10)15(16)17)20(18,19)14-6-1-4-13-5-7-14/h2-3,8,13H,1,4-7H2. The molecule has 2 rings (SSSR count). The number of benzene rings is 1. The predicted molar refractivity (Wildman–Crippen MR) is 69.3 cm³/mol. The summed E-state index contributed by atoms with van der Waals surface area (Å²) in [6.45, 7) is 1.85. The van der Waals surface area contributed by atoms with Crippen LogP contribution in [0.2, 0.25) is 0 Å². The average Bonchev–Trinajstić information content (AvgIpc) is 2.67. The Labute approximate surface area is 115 Å². The minimum atomic E-state index is -3.84. The summed E-state index contributed by atoms with van der Waals surface area (Å²) in [5, 5.41) is 13.7. The molecule has 1 heterocycles. The van der Waals surface area contributed by atoms with E-state index in [0.29, 0.717) is 19.5 Å². The van der Waals surface area contributed by atoms with Crippen molar-refractivity contribution in [3.8, 4) is 0 Å². The molecule has 110 valence electrons. The van der Waals surface area contributed by atoms with E-state index in [0.717, 1.165) is 24.7 Å². The maximum absolute atomic E-state index is 13.3. The Kier molecular flexibility index (Phi) is 4.31. The fraction of sp³-hybridized carbons (Fsp3) is 0.455. The first-order valence-electron chi connectivity index (χ1n) is 6.08. The van der Waals surface area contributed by atoms with Crippen LogP contribution in [0.15, 0.2) is 23.1 Å². The first kappa shape index (κ1) is 14.8. The Balaban J connectivity index is 2.38. The van der Waals surface area contributed by atoms with Crippen LogP contribution in [0.3, 0.4) is 0 Å². The number of sulfonamides is 1. The van der Waals surface area contributed by atoms with Crippen LogP contribution in [0.5, 0.6) is 0 Å². The van der Waals surface area contributed by atoms with Gasteiger partial charge >= 0.3 is 5.69 Å². The van der Waals surface area contributed by atoms with E-state index in [4.69, 9.17) is 0 Å². The van der Waals surface area contributed by atoms with E-state index in [1.807, 2.05) is 0 Å². The number of nitrogens with zero attached hydrogens (tertiary/aromatic N) is 2. The Morgan fingerprint density at radius 3 is 2.75 bits per heavy atom. The molecule has 1 aliphatic heterocycles. The molecular formula is C11H14FN3O4S. The average molecular weight is 303 g/mol. The van der Waals surface area contributed by atoms with Gasteiger partial charge in [0, 0.05) is 25.7 Å². The third kappa shape index (κ3) is 2.94. The lowest BCUT2D eigenvalue weighted by Crippen LogP contribution is -2.34. The van der Waals surface area contributed by atoms with Crippen molar-refractivity contribution >= 4 is 15.7 Å². The summed E-state index contributed by atoms with van der Waals surface area (Å²) in [6.07, 6.45) is 0.655. The number of nitrogens with one attached hydrogen (secondary N) is 1. The fourth-order valence-corrected chi connectivity index (χ4v) is 3.50. The second-order valence-corrected chi connectivity index (χ2v) is 6.32. The monoisotopic (exact) mass is 303 g/mol. The van der Waals surface area contributed by atoms with E-state index in [1.54, 1.807) is 0 Å². The molecule has 1 saturated heterocycles. The molecule has 7 nitrogen and oxygen atoms in total. The largest absolute Gasteiger partial charge is 0.315 e. The van der Waals surface area contributed by atoms with Crippen LogP contribution in [-0.2, 0) is 10.0 Å². The van der Waals surface area contributed by atoms with Crippen molar-refractivity contribution in [2.24, 2.45) is 0 Å². The quantitative estimate of drug-likeness (QED) is 0.656. The van der Waals surface area contributed by atoms with Gasteiger partial charge in [0.25, 0.3) is 0 Å². The highest BCUT2D eigenvalue weighted by molar-refractivity contribution is 7.89. The summed E-state index contributed by atoms with van der Waals surface area (Å²) in [7, 11) is -3.84. The Bertz CT molecular complexity index is 612. The molecule has 1 fully saturated rings. The van der Waals surface area contributed by atoms with Gasteiger partial charge in [0.05, 0.1) is 9.82 Å². The molecule has 0 aliphatic carbocycles.